The van der Waals surface area contributed by atoms with E-state index in [4.69, 9.17) is 0 Å². The van der Waals surface area contributed by atoms with Gasteiger partial charge in [-0.25, -0.2) is 0 Å². The van der Waals surface area contributed by atoms with Gasteiger partial charge in [0.2, 0.25) is 0 Å². The van der Waals surface area contributed by atoms with Crippen molar-refractivity contribution >= 4 is 15.1 Å². The highest BCUT2D eigenvalue weighted by Crippen LogP contribution is 2.13. The van der Waals surface area contributed by atoms with Gasteiger partial charge >= 0.3 is 12.1 Å². The SMILES string of the molecule is O=C(NCCP)C(F)(F)F. The lowest BCUT2D eigenvalue weighted by atomic mass is 10.5. The zero-order chi connectivity index (χ0) is 8.20. The zero-order valence-electron chi connectivity index (χ0n) is 5.03. The second-order valence-corrected chi connectivity index (χ2v) is 2.12. The van der Waals surface area contributed by atoms with E-state index in [1.807, 2.05) is 0 Å². The molecule has 1 atom stereocenters. The number of amides is 1. The third-order valence-electron chi connectivity index (χ3n) is 0.687. The molecule has 0 fully saturated rings. The predicted octanol–water partition coefficient (Wildman–Crippen LogP) is 0.540. The maximum atomic E-state index is 11.4. The molecule has 1 amide bonds. The molecule has 60 valence electrons. The number of hydrogen-bond donors (Lipinski definition) is 1. The maximum Gasteiger partial charge on any atom is 0.471 e. The van der Waals surface area contributed by atoms with Crippen molar-refractivity contribution in [1.29, 1.82) is 0 Å². The summed E-state index contributed by atoms with van der Waals surface area (Å²) in [5.74, 6) is -1.88. The maximum absolute atomic E-state index is 11.4. The van der Waals surface area contributed by atoms with E-state index >= 15 is 0 Å². The topological polar surface area (TPSA) is 29.1 Å². The Bertz CT molecular complexity index is 124. The Labute approximate surface area is 58.4 Å². The number of hydrogen-bond acceptors (Lipinski definition) is 1. The van der Waals surface area contributed by atoms with Crippen LogP contribution in [-0.2, 0) is 4.79 Å². The Morgan fingerprint density at radius 2 is 2.00 bits per heavy atom. The minimum Gasteiger partial charge on any atom is -0.348 e. The minimum absolute atomic E-state index is 0.0308. The standard InChI is InChI=1S/C4H7F3NOP/c5-4(6,7)3(9)8-1-2-10/h1-2,10H2,(H,8,9). The molecular weight excluding hydrogens is 166 g/mol. The van der Waals surface area contributed by atoms with Crippen LogP contribution in [0, 0.1) is 0 Å². The molecule has 0 heterocycles. The Balaban J connectivity index is 3.64. The number of alkyl halides is 3. The van der Waals surface area contributed by atoms with Gasteiger partial charge in [0.05, 0.1) is 0 Å². The molecule has 0 aliphatic rings. The van der Waals surface area contributed by atoms with E-state index < -0.39 is 12.1 Å². The molecule has 2 nitrogen and oxygen atoms in total. The summed E-state index contributed by atoms with van der Waals surface area (Å²) in [5, 5.41) is 1.69. The number of nitrogens with one attached hydrogen (secondary N) is 1. The Kier molecular flexibility index (Phi) is 3.64. The first-order chi connectivity index (χ1) is 4.48. The highest BCUT2D eigenvalue weighted by molar-refractivity contribution is 7.16. The van der Waals surface area contributed by atoms with Crippen molar-refractivity contribution in [2.45, 2.75) is 6.18 Å². The molecule has 0 aliphatic heterocycles. The van der Waals surface area contributed by atoms with E-state index in [-0.39, 0.29) is 6.54 Å². The summed E-state index contributed by atoms with van der Waals surface area (Å²) in [6.45, 7) is 0.0308. The Hall–Kier alpha value is -0.310. The van der Waals surface area contributed by atoms with Crippen molar-refractivity contribution in [3.05, 3.63) is 0 Å². The summed E-state index contributed by atoms with van der Waals surface area (Å²) in [5.41, 5.74) is 0. The number of carbonyl (C=O) groups excluding carboxylic acids is 1. The molecule has 1 N–H and O–H groups in total. The second kappa shape index (κ2) is 3.76. The van der Waals surface area contributed by atoms with Crippen LogP contribution in [0.4, 0.5) is 13.2 Å². The first-order valence-corrected chi connectivity index (χ1v) is 3.35. The van der Waals surface area contributed by atoms with Crippen molar-refractivity contribution in [2.24, 2.45) is 0 Å². The van der Waals surface area contributed by atoms with Crippen LogP contribution in [0.3, 0.4) is 0 Å². The summed E-state index contributed by atoms with van der Waals surface area (Å²) in [6, 6.07) is 0. The van der Waals surface area contributed by atoms with Crippen molar-refractivity contribution in [1.82, 2.24) is 5.32 Å². The fourth-order valence-corrected chi connectivity index (χ4v) is 0.430. The normalized spacial score (nSPS) is 11.2. The first kappa shape index (κ1) is 9.69. The van der Waals surface area contributed by atoms with E-state index in [1.165, 1.54) is 0 Å². The minimum atomic E-state index is -4.75. The summed E-state index contributed by atoms with van der Waals surface area (Å²) >= 11 is 0. The van der Waals surface area contributed by atoms with Crippen LogP contribution in [0.15, 0.2) is 0 Å². The molecule has 0 rings (SSSR count). The van der Waals surface area contributed by atoms with Gasteiger partial charge in [-0.1, -0.05) is 0 Å². The van der Waals surface area contributed by atoms with Crippen LogP contribution < -0.4 is 5.32 Å². The fraction of sp³-hybridized carbons (Fsp3) is 0.750. The van der Waals surface area contributed by atoms with Crippen LogP contribution in [0.2, 0.25) is 0 Å². The molecule has 1 unspecified atom stereocenters. The lowest BCUT2D eigenvalue weighted by Crippen LogP contribution is -2.37. The summed E-state index contributed by atoms with van der Waals surface area (Å²) < 4.78 is 34.1. The molecule has 10 heavy (non-hydrogen) atoms. The molecule has 0 aliphatic carbocycles. The largest absolute Gasteiger partial charge is 0.471 e. The molecule has 6 heteroatoms. The van der Waals surface area contributed by atoms with E-state index in [9.17, 15) is 18.0 Å². The van der Waals surface area contributed by atoms with E-state index in [0.29, 0.717) is 6.16 Å². The molecule has 0 saturated heterocycles. The van der Waals surface area contributed by atoms with E-state index in [2.05, 4.69) is 9.24 Å². The molecule has 0 bridgehead atoms. The van der Waals surface area contributed by atoms with Gasteiger partial charge in [-0.3, -0.25) is 4.79 Å². The lowest BCUT2D eigenvalue weighted by molar-refractivity contribution is -0.173. The molecular formula is C4H7F3NOP. The monoisotopic (exact) mass is 173 g/mol. The van der Waals surface area contributed by atoms with Crippen LogP contribution in [0.1, 0.15) is 0 Å². The Morgan fingerprint density at radius 3 is 2.30 bits per heavy atom. The highest BCUT2D eigenvalue weighted by Gasteiger charge is 2.37. The molecule has 0 radical (unpaired) electrons. The predicted molar refractivity (Wildman–Crippen MR) is 33.6 cm³/mol. The van der Waals surface area contributed by atoms with E-state index in [0.717, 1.165) is 0 Å². The van der Waals surface area contributed by atoms with Crippen LogP contribution in [0.25, 0.3) is 0 Å². The lowest BCUT2D eigenvalue weighted by Gasteiger charge is -2.05. The highest BCUT2D eigenvalue weighted by atomic mass is 31.0. The van der Waals surface area contributed by atoms with Gasteiger partial charge in [-0.05, 0) is 6.16 Å². The molecule has 0 aromatic rings. The van der Waals surface area contributed by atoms with Crippen molar-refractivity contribution in [3.63, 3.8) is 0 Å². The average Bonchev–Trinajstić information content (AvgIpc) is 1.80. The molecule has 0 aromatic heterocycles. The van der Waals surface area contributed by atoms with Crippen LogP contribution in [-0.4, -0.2) is 24.8 Å². The third kappa shape index (κ3) is 3.67. The summed E-state index contributed by atoms with van der Waals surface area (Å²) in [6.07, 6.45) is -4.33. The van der Waals surface area contributed by atoms with Crippen LogP contribution >= 0.6 is 9.24 Å². The van der Waals surface area contributed by atoms with Gasteiger partial charge in [-0.2, -0.15) is 13.2 Å². The first-order valence-electron chi connectivity index (χ1n) is 2.53. The smallest absolute Gasteiger partial charge is 0.348 e. The fourth-order valence-electron chi connectivity index (χ4n) is 0.286. The Morgan fingerprint density at radius 1 is 1.50 bits per heavy atom. The molecule has 0 saturated carbocycles. The number of halogens is 3. The zero-order valence-corrected chi connectivity index (χ0v) is 6.19. The summed E-state index contributed by atoms with van der Waals surface area (Å²) in [7, 11) is 2.20. The number of carbonyl (C=O) groups is 1. The van der Waals surface area contributed by atoms with Gasteiger partial charge in [0.25, 0.3) is 0 Å². The van der Waals surface area contributed by atoms with Crippen molar-refractivity contribution < 1.29 is 18.0 Å². The van der Waals surface area contributed by atoms with Crippen molar-refractivity contribution in [2.75, 3.05) is 12.7 Å². The van der Waals surface area contributed by atoms with Gasteiger partial charge in [0, 0.05) is 6.54 Å². The van der Waals surface area contributed by atoms with Gasteiger partial charge in [0.1, 0.15) is 0 Å². The molecule has 0 aromatic carbocycles. The van der Waals surface area contributed by atoms with E-state index in [1.54, 1.807) is 5.32 Å². The van der Waals surface area contributed by atoms with Gasteiger partial charge in [-0.15, -0.1) is 9.24 Å². The summed E-state index contributed by atoms with van der Waals surface area (Å²) in [4.78, 5) is 9.98. The third-order valence-corrected chi connectivity index (χ3v) is 0.976. The van der Waals surface area contributed by atoms with Gasteiger partial charge in [0.15, 0.2) is 0 Å². The van der Waals surface area contributed by atoms with Crippen LogP contribution in [0.5, 0.6) is 0 Å². The second-order valence-electron chi connectivity index (χ2n) is 1.54. The molecule has 0 spiro atoms. The van der Waals surface area contributed by atoms with Gasteiger partial charge < -0.3 is 5.32 Å². The number of rotatable bonds is 2. The van der Waals surface area contributed by atoms with Crippen molar-refractivity contribution in [3.8, 4) is 0 Å². The average molecular weight is 173 g/mol. The quantitative estimate of drug-likeness (QED) is 0.606.